The van der Waals surface area contributed by atoms with Gasteiger partial charge in [0.2, 0.25) is 5.60 Å². The molecule has 0 bridgehead atoms. The zero-order chi connectivity index (χ0) is 22.3. The number of carbonyl (C=O) groups excluding carboxylic acids is 1. The zero-order valence-corrected chi connectivity index (χ0v) is 17.9. The molecule has 1 aliphatic heterocycles. The first-order valence-electron chi connectivity index (χ1n) is 9.06. The summed E-state index contributed by atoms with van der Waals surface area (Å²) in [6.07, 6.45) is -3.79. The molecule has 1 amide bonds. The summed E-state index contributed by atoms with van der Waals surface area (Å²) in [6.45, 7) is 3.99. The second kappa shape index (κ2) is 8.13. The fourth-order valence-electron chi connectivity index (χ4n) is 3.38. The molecule has 0 saturated heterocycles. The van der Waals surface area contributed by atoms with Crippen LogP contribution in [-0.2, 0) is 10.4 Å². The molecule has 0 spiro atoms. The number of hydrogen-bond acceptors (Lipinski definition) is 3. The van der Waals surface area contributed by atoms with Crippen molar-refractivity contribution in [2.45, 2.75) is 25.6 Å². The Morgan fingerprint density at radius 3 is 2.33 bits per heavy atom. The summed E-state index contributed by atoms with van der Waals surface area (Å²) in [5, 5.41) is 3.89. The van der Waals surface area contributed by atoms with Gasteiger partial charge in [-0.3, -0.25) is 9.86 Å². The number of hydroxylamine groups is 2. The summed E-state index contributed by atoms with van der Waals surface area (Å²) in [5.74, 6) is -0.246. The molecule has 0 aliphatic carbocycles. The Labute approximate surface area is 182 Å². The second-order valence-electron chi connectivity index (χ2n) is 6.90. The van der Waals surface area contributed by atoms with Crippen molar-refractivity contribution in [2.24, 2.45) is 0 Å². The van der Waals surface area contributed by atoms with E-state index in [1.54, 1.807) is 32.0 Å². The second-order valence-corrected chi connectivity index (χ2v) is 7.77. The van der Waals surface area contributed by atoms with Crippen LogP contribution in [0.25, 0.3) is 5.70 Å². The molecule has 1 N–H and O–H groups in total. The van der Waals surface area contributed by atoms with Gasteiger partial charge in [-0.05, 0) is 55.8 Å². The SMILES string of the molecule is CCNC(=O)c1ccc(C2=CC(c3cc(Cl)cc(Cl)c3)(C(F)(F)F)ON2C)cc1C. The average Bonchev–Trinajstić information content (AvgIpc) is 2.99. The lowest BCUT2D eigenvalue weighted by atomic mass is 9.91. The summed E-state index contributed by atoms with van der Waals surface area (Å²) >= 11 is 11.9. The molecule has 30 heavy (non-hydrogen) atoms. The minimum absolute atomic E-state index is 0.0661. The number of nitrogens with zero attached hydrogens (tertiary/aromatic N) is 1. The molecule has 1 heterocycles. The highest BCUT2D eigenvalue weighted by Crippen LogP contribution is 2.51. The Hall–Kier alpha value is -2.22. The van der Waals surface area contributed by atoms with Gasteiger partial charge in [0.25, 0.3) is 5.91 Å². The van der Waals surface area contributed by atoms with E-state index >= 15 is 0 Å². The monoisotopic (exact) mass is 458 g/mol. The van der Waals surface area contributed by atoms with Gasteiger partial charge in [-0.15, -0.1) is 0 Å². The van der Waals surface area contributed by atoms with Crippen LogP contribution in [0.1, 0.15) is 34.0 Å². The fraction of sp³-hybridized carbons (Fsp3) is 0.286. The molecule has 1 unspecified atom stereocenters. The molecule has 1 aliphatic rings. The van der Waals surface area contributed by atoms with Crippen LogP contribution in [0.5, 0.6) is 0 Å². The maximum atomic E-state index is 14.2. The molecule has 2 aromatic carbocycles. The number of aryl methyl sites for hydroxylation is 1. The minimum atomic E-state index is -4.78. The third-order valence-corrected chi connectivity index (χ3v) is 5.21. The standard InChI is InChI=1S/C21H19Cl2F3N2O2/c1-4-27-19(29)17-6-5-13(7-12(17)2)18-11-20(21(24,25)26,30-28(18)3)14-8-15(22)10-16(23)9-14/h5-11H,4H2,1-3H3,(H,27,29). The van der Waals surface area contributed by atoms with Crippen LogP contribution in [0.3, 0.4) is 0 Å². The molecular formula is C21H19Cl2F3N2O2. The van der Waals surface area contributed by atoms with E-state index in [2.05, 4.69) is 5.32 Å². The van der Waals surface area contributed by atoms with Crippen molar-refractivity contribution in [3.05, 3.63) is 74.8 Å². The van der Waals surface area contributed by atoms with Crippen molar-refractivity contribution in [1.82, 2.24) is 10.4 Å². The number of halogens is 5. The third kappa shape index (κ3) is 4.02. The molecule has 0 fully saturated rings. The maximum Gasteiger partial charge on any atom is 0.428 e. The van der Waals surface area contributed by atoms with Gasteiger partial charge >= 0.3 is 6.18 Å². The molecule has 2 aromatic rings. The number of hydrogen-bond donors (Lipinski definition) is 1. The lowest BCUT2D eigenvalue weighted by Gasteiger charge is -2.31. The molecular weight excluding hydrogens is 440 g/mol. The summed E-state index contributed by atoms with van der Waals surface area (Å²) in [4.78, 5) is 17.5. The van der Waals surface area contributed by atoms with Crippen LogP contribution in [0.15, 0.2) is 42.5 Å². The van der Waals surface area contributed by atoms with Gasteiger partial charge in [-0.25, -0.2) is 4.84 Å². The van der Waals surface area contributed by atoms with Gasteiger partial charge in [0, 0.05) is 40.3 Å². The van der Waals surface area contributed by atoms with Crippen LogP contribution in [0.2, 0.25) is 10.0 Å². The van der Waals surface area contributed by atoms with Crippen LogP contribution in [-0.4, -0.2) is 30.7 Å². The van der Waals surface area contributed by atoms with Gasteiger partial charge in [0.1, 0.15) is 0 Å². The van der Waals surface area contributed by atoms with Gasteiger partial charge in [-0.1, -0.05) is 29.3 Å². The largest absolute Gasteiger partial charge is 0.428 e. The Bertz CT molecular complexity index is 1000. The predicted molar refractivity (Wildman–Crippen MR) is 110 cm³/mol. The smallest absolute Gasteiger partial charge is 0.352 e. The van der Waals surface area contributed by atoms with Crippen LogP contribution in [0.4, 0.5) is 13.2 Å². The quantitative estimate of drug-likeness (QED) is 0.636. The van der Waals surface area contributed by atoms with E-state index in [-0.39, 0.29) is 27.2 Å². The molecule has 9 heteroatoms. The van der Waals surface area contributed by atoms with Crippen molar-refractivity contribution in [1.29, 1.82) is 0 Å². The molecule has 3 rings (SSSR count). The highest BCUT2D eigenvalue weighted by Gasteiger charge is 2.60. The van der Waals surface area contributed by atoms with E-state index < -0.39 is 11.8 Å². The Kier molecular flexibility index (Phi) is 6.09. The van der Waals surface area contributed by atoms with E-state index in [9.17, 15) is 18.0 Å². The molecule has 4 nitrogen and oxygen atoms in total. The van der Waals surface area contributed by atoms with E-state index in [0.29, 0.717) is 23.2 Å². The van der Waals surface area contributed by atoms with E-state index in [4.69, 9.17) is 28.0 Å². The normalized spacial score (nSPS) is 19.1. The lowest BCUT2D eigenvalue weighted by Crippen LogP contribution is -2.42. The topological polar surface area (TPSA) is 41.6 Å². The van der Waals surface area contributed by atoms with Gasteiger partial charge < -0.3 is 5.32 Å². The Morgan fingerprint density at radius 1 is 1.17 bits per heavy atom. The van der Waals surface area contributed by atoms with Gasteiger partial charge in [0.15, 0.2) is 0 Å². The number of amides is 1. The summed E-state index contributed by atoms with van der Waals surface area (Å²) in [6, 6.07) is 8.52. The van der Waals surface area contributed by atoms with Gasteiger partial charge in [0.05, 0.1) is 5.70 Å². The molecule has 0 saturated carbocycles. The number of alkyl halides is 3. The number of carbonyl (C=O) groups is 1. The lowest BCUT2D eigenvalue weighted by molar-refractivity contribution is -0.308. The van der Waals surface area contributed by atoms with Crippen molar-refractivity contribution >= 4 is 34.8 Å². The average molecular weight is 459 g/mol. The highest BCUT2D eigenvalue weighted by atomic mass is 35.5. The number of benzene rings is 2. The van der Waals surface area contributed by atoms with Crippen molar-refractivity contribution in [3.63, 3.8) is 0 Å². The van der Waals surface area contributed by atoms with E-state index in [1.165, 1.54) is 25.2 Å². The summed E-state index contributed by atoms with van der Waals surface area (Å²) in [7, 11) is 1.39. The Balaban J connectivity index is 2.12. The number of rotatable bonds is 4. The third-order valence-electron chi connectivity index (χ3n) is 4.78. The molecule has 0 aromatic heterocycles. The molecule has 0 radical (unpaired) electrons. The summed E-state index contributed by atoms with van der Waals surface area (Å²) in [5.41, 5.74) is -1.23. The van der Waals surface area contributed by atoms with Crippen LogP contribution in [0, 0.1) is 6.92 Å². The molecule has 1 atom stereocenters. The Morgan fingerprint density at radius 2 is 1.80 bits per heavy atom. The van der Waals surface area contributed by atoms with Crippen molar-refractivity contribution in [2.75, 3.05) is 13.6 Å². The summed E-state index contributed by atoms with van der Waals surface area (Å²) < 4.78 is 42.7. The predicted octanol–water partition coefficient (Wildman–Crippen LogP) is 5.73. The fourth-order valence-corrected chi connectivity index (χ4v) is 3.90. The van der Waals surface area contributed by atoms with E-state index in [0.717, 1.165) is 11.1 Å². The molecule has 160 valence electrons. The highest BCUT2D eigenvalue weighted by molar-refractivity contribution is 6.34. The first kappa shape index (κ1) is 22.5. The zero-order valence-electron chi connectivity index (χ0n) is 16.4. The van der Waals surface area contributed by atoms with Crippen LogP contribution < -0.4 is 5.32 Å². The minimum Gasteiger partial charge on any atom is -0.352 e. The first-order chi connectivity index (χ1) is 14.0. The first-order valence-corrected chi connectivity index (χ1v) is 9.82. The van der Waals surface area contributed by atoms with Gasteiger partial charge in [-0.2, -0.15) is 13.2 Å². The van der Waals surface area contributed by atoms with Crippen LogP contribution >= 0.6 is 23.2 Å². The van der Waals surface area contributed by atoms with E-state index in [1.807, 2.05) is 0 Å². The number of nitrogens with one attached hydrogen (secondary N) is 1. The van der Waals surface area contributed by atoms with Crippen molar-refractivity contribution < 1.29 is 22.8 Å². The maximum absolute atomic E-state index is 14.2. The van der Waals surface area contributed by atoms with Crippen molar-refractivity contribution in [3.8, 4) is 0 Å².